The Bertz CT molecular complexity index is 1190. The summed E-state index contributed by atoms with van der Waals surface area (Å²) in [5.41, 5.74) is 1.00. The van der Waals surface area contributed by atoms with E-state index in [1.165, 1.54) is 27.7 Å². The van der Waals surface area contributed by atoms with Crippen LogP contribution in [-0.4, -0.2) is 66.1 Å². The van der Waals surface area contributed by atoms with Crippen molar-refractivity contribution < 1.29 is 33.7 Å². The maximum atomic E-state index is 12.6. The molecule has 0 spiro atoms. The number of ketones is 1. The van der Waals surface area contributed by atoms with Crippen LogP contribution in [0.1, 0.15) is 122 Å². The Morgan fingerprint density at radius 2 is 1.53 bits per heavy atom. The summed E-state index contributed by atoms with van der Waals surface area (Å²) in [6.07, 6.45) is 7.16. The molecule has 8 nitrogen and oxygen atoms in total. The van der Waals surface area contributed by atoms with Crippen LogP contribution in [0.2, 0.25) is 0 Å². The van der Waals surface area contributed by atoms with Gasteiger partial charge in [0.1, 0.15) is 18.3 Å². The molecule has 1 aromatic carbocycles. The first kappa shape index (κ1) is 50.0. The van der Waals surface area contributed by atoms with Crippen LogP contribution in [0, 0.1) is 23.7 Å². The number of Topliss-reactive ketones (excluding diaryl/α,β-unsaturated/α-hetero) is 1. The summed E-state index contributed by atoms with van der Waals surface area (Å²) in [5.74, 6) is 3.36. The Hall–Kier alpha value is -3.38. The third kappa shape index (κ3) is 28.2. The molecule has 0 heterocycles. The highest BCUT2D eigenvalue weighted by molar-refractivity contribution is 5.98. The van der Waals surface area contributed by atoms with Crippen molar-refractivity contribution in [2.45, 2.75) is 127 Å². The summed E-state index contributed by atoms with van der Waals surface area (Å²) in [4.78, 5) is 40.4. The molecule has 0 bridgehead atoms. The number of esters is 1. The van der Waals surface area contributed by atoms with E-state index in [4.69, 9.17) is 14.2 Å². The van der Waals surface area contributed by atoms with Crippen molar-refractivity contribution in [1.82, 2.24) is 0 Å². The van der Waals surface area contributed by atoms with E-state index in [9.17, 15) is 19.5 Å². The molecule has 0 aliphatic heterocycles. The van der Waals surface area contributed by atoms with Gasteiger partial charge in [-0.25, -0.2) is 4.99 Å². The van der Waals surface area contributed by atoms with E-state index >= 15 is 0 Å². The Labute approximate surface area is 298 Å². The fraction of sp³-hybridized carbons (Fsp3) is 0.610. The molecule has 2 atom stereocenters. The fourth-order valence-electron chi connectivity index (χ4n) is 3.71. The molecule has 0 radical (unpaired) electrons. The lowest BCUT2D eigenvalue weighted by atomic mass is 9.95. The molecule has 278 valence electrons. The van der Waals surface area contributed by atoms with E-state index in [0.717, 1.165) is 16.8 Å². The van der Waals surface area contributed by atoms with E-state index in [1.54, 1.807) is 0 Å². The molecule has 1 N–H and O–H groups in total. The third-order valence-corrected chi connectivity index (χ3v) is 6.58. The number of ether oxygens (including phenoxy) is 3. The average Bonchev–Trinajstić information content (AvgIpc) is 3.08. The molecule has 0 fully saturated rings. The van der Waals surface area contributed by atoms with Crippen LogP contribution < -0.4 is 0 Å². The zero-order valence-electron chi connectivity index (χ0n) is 33.1. The van der Waals surface area contributed by atoms with Crippen molar-refractivity contribution in [2.75, 3.05) is 26.4 Å². The number of hydrogen-bond acceptors (Lipinski definition) is 7. The predicted molar refractivity (Wildman–Crippen MR) is 204 cm³/mol. The Balaban J connectivity index is -0.00000241. The highest BCUT2D eigenvalue weighted by Gasteiger charge is 2.28. The van der Waals surface area contributed by atoms with Gasteiger partial charge >= 0.3 is 5.97 Å². The zero-order chi connectivity index (χ0) is 38.5. The number of aliphatic hydroxyl groups is 1. The number of hydrogen-bond donors (Lipinski definition) is 1. The number of allylic oxidation sites excluding steroid dienone is 2. The summed E-state index contributed by atoms with van der Waals surface area (Å²) >= 11 is 0. The van der Waals surface area contributed by atoms with Crippen molar-refractivity contribution in [3.05, 3.63) is 53.6 Å². The molecule has 0 saturated heterocycles. The largest absolute Gasteiger partial charge is 0.462 e. The van der Waals surface area contributed by atoms with E-state index in [2.05, 4.69) is 16.8 Å². The summed E-state index contributed by atoms with van der Waals surface area (Å²) in [5, 5.41) is 9.75. The van der Waals surface area contributed by atoms with E-state index in [-0.39, 0.29) is 30.6 Å². The van der Waals surface area contributed by atoms with Crippen LogP contribution in [-0.2, 0) is 28.6 Å². The lowest BCUT2D eigenvalue weighted by Gasteiger charge is -2.26. The van der Waals surface area contributed by atoms with Crippen molar-refractivity contribution in [3.8, 4) is 11.8 Å². The van der Waals surface area contributed by atoms with Gasteiger partial charge in [-0.2, -0.15) is 0 Å². The molecular formula is C41H67NO7. The van der Waals surface area contributed by atoms with Crippen LogP contribution in [0.4, 0.5) is 0 Å². The first-order chi connectivity index (χ1) is 23.0. The van der Waals surface area contributed by atoms with Gasteiger partial charge < -0.3 is 19.3 Å². The second kappa shape index (κ2) is 29.5. The minimum Gasteiger partial charge on any atom is -0.462 e. The molecule has 0 aliphatic carbocycles. The van der Waals surface area contributed by atoms with Gasteiger partial charge in [-0.05, 0) is 72.4 Å². The van der Waals surface area contributed by atoms with Crippen LogP contribution in [0.25, 0.3) is 6.08 Å². The summed E-state index contributed by atoms with van der Waals surface area (Å²) in [6.45, 7) is 26.3. The quantitative estimate of drug-likeness (QED) is 0.0540. The van der Waals surface area contributed by atoms with Crippen LogP contribution in [0.5, 0.6) is 0 Å². The van der Waals surface area contributed by atoms with Crippen molar-refractivity contribution in [3.63, 3.8) is 0 Å². The summed E-state index contributed by atoms with van der Waals surface area (Å²) in [7, 11) is 0. The molecule has 0 aliphatic rings. The van der Waals surface area contributed by atoms with E-state index in [0.29, 0.717) is 32.7 Å². The standard InChI is InChI=1S/C33H49NO7.C4H6.2C2H6/c1-9-29(34-26(4)35)24(2)20-39-21-28(17-13-16-27-14-11-10-12-15-27)22-41-33(7,8)19-18-30(36)25(3)31(37)40-23-32(5,6)38;1-3-4-2;2*1-2/h10-17,24-25,38H,9,18-23H2,1-8H3;1-2H3;2*1-2H3/b16-13+,28-17+,34-29?;;;. The topological polar surface area (TPSA) is 111 Å². The monoisotopic (exact) mass is 685 g/mol. The number of aliphatic imine (C=N–C) groups is 1. The molecule has 0 aromatic heterocycles. The summed E-state index contributed by atoms with van der Waals surface area (Å²) in [6, 6.07) is 9.95. The van der Waals surface area contributed by atoms with Crippen LogP contribution >= 0.6 is 0 Å². The Morgan fingerprint density at radius 3 is 2.02 bits per heavy atom. The maximum absolute atomic E-state index is 12.6. The van der Waals surface area contributed by atoms with Gasteiger partial charge in [0.05, 0.1) is 31.0 Å². The minimum absolute atomic E-state index is 0.00510. The second-order valence-corrected chi connectivity index (χ2v) is 12.1. The number of nitrogens with zero attached hydrogens (tertiary/aromatic N) is 1. The predicted octanol–water partition coefficient (Wildman–Crippen LogP) is 8.85. The Kier molecular flexibility index (Phi) is 30.1. The Morgan fingerprint density at radius 1 is 0.959 bits per heavy atom. The van der Waals surface area contributed by atoms with Gasteiger partial charge in [0, 0.05) is 25.0 Å². The number of amides is 1. The molecule has 1 aromatic rings. The second-order valence-electron chi connectivity index (χ2n) is 12.1. The molecule has 49 heavy (non-hydrogen) atoms. The first-order valence-corrected chi connectivity index (χ1v) is 17.5. The molecule has 1 rings (SSSR count). The van der Waals surface area contributed by atoms with Crippen molar-refractivity contribution in [1.29, 1.82) is 0 Å². The SMILES string of the molecule is CC.CC.CC#CC.CCC(=NC(C)=O)C(C)COC/C(=C\C=C\c1ccccc1)COC(C)(C)CCC(=O)C(C)C(=O)OCC(C)(C)O. The lowest BCUT2D eigenvalue weighted by molar-refractivity contribution is -0.157. The van der Waals surface area contributed by atoms with Gasteiger partial charge in [-0.3, -0.25) is 14.4 Å². The molecular weight excluding hydrogens is 618 g/mol. The number of rotatable bonds is 18. The number of carbonyl (C=O) groups is 3. The van der Waals surface area contributed by atoms with Crippen molar-refractivity contribution >= 4 is 29.4 Å². The number of carbonyl (C=O) groups excluding carboxylic acids is 3. The van der Waals surface area contributed by atoms with Crippen molar-refractivity contribution in [2.24, 2.45) is 16.8 Å². The van der Waals surface area contributed by atoms with Gasteiger partial charge in [-0.15, -0.1) is 11.8 Å². The fourth-order valence-corrected chi connectivity index (χ4v) is 3.71. The molecule has 8 heteroatoms. The lowest BCUT2D eigenvalue weighted by Crippen LogP contribution is -2.33. The van der Waals surface area contributed by atoms with Gasteiger partial charge in [-0.1, -0.05) is 90.1 Å². The normalized spacial score (nSPS) is 12.8. The maximum Gasteiger partial charge on any atom is 0.316 e. The highest BCUT2D eigenvalue weighted by atomic mass is 16.5. The van der Waals surface area contributed by atoms with Crippen LogP contribution in [0.15, 0.2) is 53.0 Å². The zero-order valence-corrected chi connectivity index (χ0v) is 33.1. The smallest absolute Gasteiger partial charge is 0.316 e. The third-order valence-electron chi connectivity index (χ3n) is 6.58. The molecule has 0 saturated carbocycles. The van der Waals surface area contributed by atoms with E-state index in [1.807, 2.05) is 118 Å². The van der Waals surface area contributed by atoms with Gasteiger partial charge in [0.15, 0.2) is 0 Å². The molecule has 1 amide bonds. The van der Waals surface area contributed by atoms with E-state index < -0.39 is 23.1 Å². The average molecular weight is 686 g/mol. The van der Waals surface area contributed by atoms with Gasteiger partial charge in [0.25, 0.3) is 0 Å². The molecule has 2 unspecified atom stereocenters. The minimum atomic E-state index is -1.15. The highest BCUT2D eigenvalue weighted by Crippen LogP contribution is 2.21. The van der Waals surface area contributed by atoms with Gasteiger partial charge in [0.2, 0.25) is 5.91 Å². The first-order valence-electron chi connectivity index (χ1n) is 17.5. The number of benzene rings is 1. The van der Waals surface area contributed by atoms with Crippen LogP contribution in [0.3, 0.4) is 0 Å². The summed E-state index contributed by atoms with van der Waals surface area (Å²) < 4.78 is 17.3.